The Balaban J connectivity index is 1.36. The Bertz CT molecular complexity index is 632. The van der Waals surface area contributed by atoms with Gasteiger partial charge in [-0.05, 0) is 25.0 Å². The van der Waals surface area contributed by atoms with Crippen molar-refractivity contribution in [2.24, 2.45) is 5.73 Å². The summed E-state index contributed by atoms with van der Waals surface area (Å²) >= 11 is 18.7. The van der Waals surface area contributed by atoms with Gasteiger partial charge in [-0.15, -0.1) is 11.8 Å². The molecule has 2 heterocycles. The minimum absolute atomic E-state index is 0.152. The van der Waals surface area contributed by atoms with E-state index in [4.69, 9.17) is 45.3 Å². The standard InChI is InChI=1S/C18H24Cl3N3O2S/c19-18(20,21)12-26-17(25)24-10-14-8-15(24)9-23(14)7-6-13(22)11-27-16-4-2-1-3-5-16/h1-5,13-15H,6-12,22H2/t13-,14+,15+/m1/s1. The molecule has 0 aromatic heterocycles. The van der Waals surface area contributed by atoms with Gasteiger partial charge in [0, 0.05) is 48.4 Å². The first-order valence-electron chi connectivity index (χ1n) is 8.99. The van der Waals surface area contributed by atoms with Crippen LogP contribution in [0.4, 0.5) is 4.79 Å². The molecule has 2 aliphatic heterocycles. The van der Waals surface area contributed by atoms with Crippen LogP contribution < -0.4 is 5.73 Å². The highest BCUT2D eigenvalue weighted by Gasteiger charge is 2.45. The van der Waals surface area contributed by atoms with Crippen LogP contribution in [0.1, 0.15) is 12.8 Å². The van der Waals surface area contributed by atoms with Crippen molar-refractivity contribution in [3.63, 3.8) is 0 Å². The van der Waals surface area contributed by atoms with Crippen LogP contribution in [0.2, 0.25) is 0 Å². The van der Waals surface area contributed by atoms with Gasteiger partial charge >= 0.3 is 6.09 Å². The number of benzene rings is 1. The number of alkyl halides is 3. The Labute approximate surface area is 179 Å². The third kappa shape index (κ3) is 6.31. The summed E-state index contributed by atoms with van der Waals surface area (Å²) in [6.07, 6.45) is 1.52. The maximum absolute atomic E-state index is 12.2. The van der Waals surface area contributed by atoms with Crippen molar-refractivity contribution in [2.75, 3.05) is 32.0 Å². The fraction of sp³-hybridized carbons (Fsp3) is 0.611. The molecular weight excluding hydrogens is 429 g/mol. The molecule has 3 rings (SSSR count). The molecule has 1 aromatic rings. The fourth-order valence-corrected chi connectivity index (χ4v) is 4.69. The minimum atomic E-state index is -1.58. The summed E-state index contributed by atoms with van der Waals surface area (Å²) < 4.78 is 3.53. The molecule has 0 spiro atoms. The minimum Gasteiger partial charge on any atom is -0.445 e. The van der Waals surface area contributed by atoms with Crippen molar-refractivity contribution >= 4 is 52.7 Å². The number of nitrogens with two attached hydrogens (primary N) is 1. The smallest absolute Gasteiger partial charge is 0.410 e. The Morgan fingerprint density at radius 2 is 2.00 bits per heavy atom. The number of halogens is 3. The highest BCUT2D eigenvalue weighted by molar-refractivity contribution is 7.99. The monoisotopic (exact) mass is 451 g/mol. The second-order valence-corrected chi connectivity index (χ2v) is 10.6. The number of amides is 1. The lowest BCUT2D eigenvalue weighted by Crippen LogP contribution is -2.50. The predicted molar refractivity (Wildman–Crippen MR) is 112 cm³/mol. The highest BCUT2D eigenvalue weighted by atomic mass is 35.6. The Hall–Kier alpha value is -0.370. The maximum atomic E-state index is 12.2. The van der Waals surface area contributed by atoms with E-state index in [9.17, 15) is 4.79 Å². The Kier molecular flexibility index (Phi) is 7.44. The van der Waals surface area contributed by atoms with E-state index < -0.39 is 9.89 Å². The Morgan fingerprint density at radius 3 is 2.63 bits per heavy atom. The van der Waals surface area contributed by atoms with Gasteiger partial charge < -0.3 is 15.4 Å². The molecule has 2 bridgehead atoms. The maximum Gasteiger partial charge on any atom is 0.410 e. The lowest BCUT2D eigenvalue weighted by molar-refractivity contribution is 0.0747. The molecule has 0 radical (unpaired) electrons. The highest BCUT2D eigenvalue weighted by Crippen LogP contribution is 2.32. The third-order valence-corrected chi connectivity index (χ3v) is 6.47. The molecule has 2 saturated heterocycles. The molecule has 5 nitrogen and oxygen atoms in total. The molecule has 3 atom stereocenters. The van der Waals surface area contributed by atoms with E-state index in [1.54, 1.807) is 16.7 Å². The van der Waals surface area contributed by atoms with Gasteiger partial charge in [-0.3, -0.25) is 4.90 Å². The van der Waals surface area contributed by atoms with Crippen LogP contribution >= 0.6 is 46.6 Å². The second kappa shape index (κ2) is 9.42. The van der Waals surface area contributed by atoms with Crippen molar-refractivity contribution in [2.45, 2.75) is 39.7 Å². The quantitative estimate of drug-likeness (QED) is 0.504. The number of thioether (sulfide) groups is 1. The van der Waals surface area contributed by atoms with Gasteiger partial charge in [0.2, 0.25) is 3.79 Å². The van der Waals surface area contributed by atoms with Gasteiger partial charge in [0.1, 0.15) is 6.61 Å². The predicted octanol–water partition coefficient (Wildman–Crippen LogP) is 3.76. The lowest BCUT2D eigenvalue weighted by Gasteiger charge is -2.34. The number of fused-ring (bicyclic) bond motifs is 2. The summed E-state index contributed by atoms with van der Waals surface area (Å²) in [5.41, 5.74) is 6.28. The molecule has 27 heavy (non-hydrogen) atoms. The van der Waals surface area contributed by atoms with E-state index in [2.05, 4.69) is 17.0 Å². The van der Waals surface area contributed by atoms with E-state index in [-0.39, 0.29) is 18.7 Å². The summed E-state index contributed by atoms with van der Waals surface area (Å²) in [7, 11) is 0. The zero-order valence-electron chi connectivity index (χ0n) is 14.9. The SMILES string of the molecule is N[C@H](CCN1C[C@@H]2C[C@H]1CN2C(=O)OCC(Cl)(Cl)Cl)CSc1ccccc1. The number of rotatable bonds is 7. The molecule has 2 aliphatic rings. The summed E-state index contributed by atoms with van der Waals surface area (Å²) in [5.74, 6) is 0.904. The van der Waals surface area contributed by atoms with Crippen molar-refractivity contribution in [1.82, 2.24) is 9.80 Å². The average Bonchev–Trinajstić information content (AvgIpc) is 3.23. The van der Waals surface area contributed by atoms with Crippen molar-refractivity contribution in [3.8, 4) is 0 Å². The van der Waals surface area contributed by atoms with Crippen LogP contribution in [0.3, 0.4) is 0 Å². The largest absolute Gasteiger partial charge is 0.445 e. The molecule has 2 fully saturated rings. The van der Waals surface area contributed by atoms with Gasteiger partial charge in [0.15, 0.2) is 0 Å². The van der Waals surface area contributed by atoms with E-state index in [0.717, 1.165) is 31.7 Å². The van der Waals surface area contributed by atoms with Crippen LogP contribution in [-0.2, 0) is 4.74 Å². The van der Waals surface area contributed by atoms with Crippen LogP contribution in [0, 0.1) is 0 Å². The fourth-order valence-electron chi connectivity index (χ4n) is 3.61. The van der Waals surface area contributed by atoms with Gasteiger partial charge in [0.05, 0.1) is 0 Å². The summed E-state index contributed by atoms with van der Waals surface area (Å²) in [6.45, 7) is 2.24. The first-order chi connectivity index (χ1) is 12.8. The van der Waals surface area contributed by atoms with Crippen LogP contribution in [-0.4, -0.2) is 69.8 Å². The number of piperazine rings is 1. The van der Waals surface area contributed by atoms with Crippen molar-refractivity contribution < 1.29 is 9.53 Å². The van der Waals surface area contributed by atoms with E-state index in [1.165, 1.54) is 4.90 Å². The average molecular weight is 453 g/mol. The molecule has 0 saturated carbocycles. The first kappa shape index (κ1) is 21.3. The van der Waals surface area contributed by atoms with Gasteiger partial charge in [-0.25, -0.2) is 4.79 Å². The van der Waals surface area contributed by atoms with Gasteiger partial charge in [-0.2, -0.15) is 0 Å². The lowest BCUT2D eigenvalue weighted by atomic mass is 10.2. The number of ether oxygens (including phenoxy) is 1. The molecule has 1 amide bonds. The normalized spacial score (nSPS) is 23.6. The Morgan fingerprint density at radius 1 is 1.26 bits per heavy atom. The molecule has 150 valence electrons. The van der Waals surface area contributed by atoms with Crippen molar-refractivity contribution in [1.29, 1.82) is 0 Å². The first-order valence-corrected chi connectivity index (χ1v) is 11.1. The topological polar surface area (TPSA) is 58.8 Å². The number of hydrogen-bond donors (Lipinski definition) is 1. The number of hydrogen-bond acceptors (Lipinski definition) is 5. The molecule has 2 N–H and O–H groups in total. The zero-order chi connectivity index (χ0) is 19.4. The van der Waals surface area contributed by atoms with Gasteiger partial charge in [0.25, 0.3) is 0 Å². The summed E-state index contributed by atoms with van der Waals surface area (Å²) in [4.78, 5) is 17.6. The molecule has 0 unspecified atom stereocenters. The van der Waals surface area contributed by atoms with Crippen LogP contribution in [0.25, 0.3) is 0 Å². The number of carbonyl (C=O) groups is 1. The third-order valence-electron chi connectivity index (χ3n) is 4.94. The molecule has 0 aliphatic carbocycles. The van der Waals surface area contributed by atoms with E-state index in [0.29, 0.717) is 12.6 Å². The number of carbonyl (C=O) groups excluding carboxylic acids is 1. The number of nitrogens with zero attached hydrogens (tertiary/aromatic N) is 2. The zero-order valence-corrected chi connectivity index (χ0v) is 18.0. The van der Waals surface area contributed by atoms with E-state index >= 15 is 0 Å². The summed E-state index contributed by atoms with van der Waals surface area (Å²) in [5, 5.41) is 0. The molecule has 9 heteroatoms. The molecular formula is C18H24Cl3N3O2S. The van der Waals surface area contributed by atoms with Crippen LogP contribution in [0.5, 0.6) is 0 Å². The number of likely N-dealkylation sites (tertiary alicyclic amines) is 2. The van der Waals surface area contributed by atoms with Crippen molar-refractivity contribution in [3.05, 3.63) is 30.3 Å². The second-order valence-electron chi connectivity index (χ2n) is 7.03. The summed E-state index contributed by atoms with van der Waals surface area (Å²) in [6, 6.07) is 11.0. The molecule has 1 aromatic carbocycles. The van der Waals surface area contributed by atoms with Crippen LogP contribution in [0.15, 0.2) is 35.2 Å². The van der Waals surface area contributed by atoms with E-state index in [1.807, 2.05) is 18.2 Å². The van der Waals surface area contributed by atoms with Gasteiger partial charge in [-0.1, -0.05) is 53.0 Å².